The Morgan fingerprint density at radius 2 is 1.59 bits per heavy atom. The first-order valence-electron chi connectivity index (χ1n) is 12.1. The molecule has 0 saturated carbocycles. The normalized spacial score (nSPS) is 12.5. The van der Waals surface area contributed by atoms with Crippen molar-refractivity contribution < 1.29 is 19.1 Å². The second kappa shape index (κ2) is 11.4. The van der Waals surface area contributed by atoms with Gasteiger partial charge in [-0.15, -0.1) is 0 Å². The molecule has 8 heteroatoms. The van der Waals surface area contributed by atoms with Gasteiger partial charge in [0.05, 0.1) is 11.6 Å². The van der Waals surface area contributed by atoms with Gasteiger partial charge in [-0.25, -0.2) is 9.78 Å². The van der Waals surface area contributed by atoms with Crippen LogP contribution >= 0.6 is 15.9 Å². The number of benzene rings is 2. The molecule has 1 amide bonds. The number of carbonyl (C=O) groups excluding carboxylic acids is 2. The molecule has 0 fully saturated rings. The van der Waals surface area contributed by atoms with Gasteiger partial charge < -0.3 is 14.8 Å². The highest BCUT2D eigenvalue weighted by Crippen LogP contribution is 2.25. The second-order valence-electron chi connectivity index (χ2n) is 10.8. The molecule has 37 heavy (non-hydrogen) atoms. The maximum atomic E-state index is 13.1. The van der Waals surface area contributed by atoms with Crippen molar-refractivity contribution in [3.63, 3.8) is 0 Å². The molecule has 0 radical (unpaired) electrons. The lowest BCUT2D eigenvalue weighted by Gasteiger charge is -2.25. The van der Waals surface area contributed by atoms with Crippen molar-refractivity contribution in [2.75, 3.05) is 7.11 Å². The molecule has 3 aromatic rings. The molecule has 0 bridgehead atoms. The third-order valence-electron chi connectivity index (χ3n) is 5.57. The van der Waals surface area contributed by atoms with Gasteiger partial charge in [-0.2, -0.15) is 4.98 Å². The van der Waals surface area contributed by atoms with E-state index in [4.69, 9.17) is 9.47 Å². The molecule has 0 aliphatic rings. The molecule has 3 rings (SSSR count). The summed E-state index contributed by atoms with van der Waals surface area (Å²) in [5, 5.41) is 2.87. The summed E-state index contributed by atoms with van der Waals surface area (Å²) in [6.45, 7) is 11.8. The summed E-state index contributed by atoms with van der Waals surface area (Å²) in [7, 11) is 1.55. The fourth-order valence-corrected chi connectivity index (χ4v) is 3.94. The molecule has 1 aromatic heterocycles. The minimum absolute atomic E-state index is 0.0212. The lowest BCUT2D eigenvalue weighted by atomic mass is 9.86. The molecule has 7 nitrogen and oxygen atoms in total. The highest BCUT2D eigenvalue weighted by Gasteiger charge is 2.27. The van der Waals surface area contributed by atoms with Crippen LogP contribution < -0.4 is 10.1 Å². The highest BCUT2D eigenvalue weighted by atomic mass is 79.9. The third-order valence-corrected chi connectivity index (χ3v) is 6.11. The molecular weight excluding hydrogens is 534 g/mol. The Morgan fingerprint density at radius 1 is 0.973 bits per heavy atom. The summed E-state index contributed by atoms with van der Waals surface area (Å²) in [6.07, 6.45) is 1.91. The quantitative estimate of drug-likeness (QED) is 0.358. The van der Waals surface area contributed by atoms with Crippen molar-refractivity contribution in [1.82, 2.24) is 15.3 Å². The van der Waals surface area contributed by atoms with Crippen molar-refractivity contribution in [3.8, 4) is 17.3 Å². The summed E-state index contributed by atoms with van der Waals surface area (Å²) < 4.78 is 11.5. The minimum Gasteiger partial charge on any atom is -0.480 e. The second-order valence-corrected chi connectivity index (χ2v) is 11.7. The van der Waals surface area contributed by atoms with Gasteiger partial charge >= 0.3 is 5.97 Å². The molecule has 1 atom stereocenters. The Kier molecular flexibility index (Phi) is 8.74. The van der Waals surface area contributed by atoms with E-state index < -0.39 is 17.6 Å². The van der Waals surface area contributed by atoms with Gasteiger partial charge in [-0.1, -0.05) is 57.2 Å². The summed E-state index contributed by atoms with van der Waals surface area (Å²) in [5.74, 6) is 0.139. The van der Waals surface area contributed by atoms with E-state index in [1.54, 1.807) is 46.2 Å². The van der Waals surface area contributed by atoms with E-state index in [1.165, 1.54) is 0 Å². The summed E-state index contributed by atoms with van der Waals surface area (Å²) >= 11 is 3.36. The molecule has 1 N–H and O–H groups in total. The van der Waals surface area contributed by atoms with E-state index in [2.05, 4.69) is 52.0 Å². The van der Waals surface area contributed by atoms with Crippen LogP contribution in [-0.2, 0) is 21.4 Å². The average Bonchev–Trinajstić information content (AvgIpc) is 2.83. The molecule has 0 unspecified atom stereocenters. The molecule has 2 aromatic carbocycles. The maximum Gasteiger partial charge on any atom is 0.329 e. The van der Waals surface area contributed by atoms with Gasteiger partial charge in [-0.3, -0.25) is 4.79 Å². The topological polar surface area (TPSA) is 90.4 Å². The number of ether oxygens (including phenoxy) is 2. The van der Waals surface area contributed by atoms with Crippen molar-refractivity contribution in [2.24, 2.45) is 0 Å². The van der Waals surface area contributed by atoms with Crippen LogP contribution in [-0.4, -0.2) is 40.6 Å². The monoisotopic (exact) mass is 567 g/mol. The van der Waals surface area contributed by atoms with Crippen LogP contribution in [0.5, 0.6) is 5.88 Å². The first-order chi connectivity index (χ1) is 17.3. The lowest BCUT2D eigenvalue weighted by molar-refractivity contribution is -0.157. The first kappa shape index (κ1) is 28.3. The fraction of sp³-hybridized carbons (Fsp3) is 0.379. The van der Waals surface area contributed by atoms with Crippen molar-refractivity contribution in [2.45, 2.75) is 65.0 Å². The summed E-state index contributed by atoms with van der Waals surface area (Å²) in [5.41, 5.74) is 2.56. The average molecular weight is 569 g/mol. The molecule has 0 spiro atoms. The number of methoxy groups -OCH3 is 1. The predicted molar refractivity (Wildman–Crippen MR) is 148 cm³/mol. The minimum atomic E-state index is -0.858. The number of hydrogen-bond donors (Lipinski definition) is 1. The van der Waals surface area contributed by atoms with Gasteiger partial charge in [0.2, 0.25) is 5.88 Å². The zero-order chi connectivity index (χ0) is 27.4. The van der Waals surface area contributed by atoms with E-state index in [9.17, 15) is 9.59 Å². The van der Waals surface area contributed by atoms with Crippen LogP contribution in [0.15, 0.2) is 59.2 Å². The third kappa shape index (κ3) is 7.86. The number of rotatable bonds is 7. The zero-order valence-electron chi connectivity index (χ0n) is 22.4. The Labute approximate surface area is 227 Å². The van der Waals surface area contributed by atoms with E-state index in [-0.39, 0.29) is 17.7 Å². The fourth-order valence-electron chi connectivity index (χ4n) is 3.59. The maximum absolute atomic E-state index is 13.1. The first-order valence-corrected chi connectivity index (χ1v) is 12.9. The van der Waals surface area contributed by atoms with Gasteiger partial charge in [0, 0.05) is 23.7 Å². The van der Waals surface area contributed by atoms with Crippen LogP contribution in [0.1, 0.15) is 63.0 Å². The number of esters is 1. The van der Waals surface area contributed by atoms with Gasteiger partial charge in [-0.05, 0) is 65.4 Å². The largest absolute Gasteiger partial charge is 0.480 e. The Morgan fingerprint density at radius 3 is 2.14 bits per heavy atom. The van der Waals surface area contributed by atoms with E-state index in [1.807, 2.05) is 36.4 Å². The molecule has 0 aliphatic carbocycles. The van der Waals surface area contributed by atoms with Crippen LogP contribution in [0.2, 0.25) is 0 Å². The van der Waals surface area contributed by atoms with Crippen LogP contribution in [0.4, 0.5) is 0 Å². The predicted octanol–water partition coefficient (Wildman–Crippen LogP) is 5.90. The zero-order valence-corrected chi connectivity index (χ0v) is 24.0. The van der Waals surface area contributed by atoms with Crippen LogP contribution in [0.3, 0.4) is 0 Å². The summed E-state index contributed by atoms with van der Waals surface area (Å²) in [6, 6.07) is 14.1. The molecule has 0 aliphatic heterocycles. The number of hydrogen-bond acceptors (Lipinski definition) is 6. The number of nitrogens with zero attached hydrogens (tertiary/aromatic N) is 2. The van der Waals surface area contributed by atoms with Crippen molar-refractivity contribution >= 4 is 27.8 Å². The van der Waals surface area contributed by atoms with Crippen molar-refractivity contribution in [1.29, 1.82) is 0 Å². The number of amides is 1. The van der Waals surface area contributed by atoms with Crippen LogP contribution in [0.25, 0.3) is 11.4 Å². The Balaban J connectivity index is 1.80. The van der Waals surface area contributed by atoms with E-state index in [0.29, 0.717) is 21.7 Å². The molecular formula is C29H34BrN3O4. The van der Waals surface area contributed by atoms with Crippen LogP contribution in [0, 0.1) is 0 Å². The van der Waals surface area contributed by atoms with E-state index >= 15 is 0 Å². The number of carbonyl (C=O) groups is 2. The standard InChI is InChI=1S/C29H34BrN3O4/c1-28(2,3)21-14-12-20(13-15-21)25(34)32-23(27(35)37-29(4,5)6)16-18-8-10-19(11-9-18)24-31-17-22(30)26(33-24)36-7/h8-15,17,23H,16H2,1-7H3,(H,32,34)/t23-/m0/s1. The lowest BCUT2D eigenvalue weighted by Crippen LogP contribution is -2.45. The smallest absolute Gasteiger partial charge is 0.329 e. The SMILES string of the molecule is COc1nc(-c2ccc(C[C@H](NC(=O)c3ccc(C(C)(C)C)cc3)C(=O)OC(C)(C)C)cc2)ncc1Br. The molecule has 196 valence electrons. The van der Waals surface area contributed by atoms with Gasteiger partial charge in [0.15, 0.2) is 5.82 Å². The molecule has 0 saturated heterocycles. The number of nitrogens with one attached hydrogen (secondary N) is 1. The van der Waals surface area contributed by atoms with Gasteiger partial charge in [0.1, 0.15) is 11.6 Å². The number of aromatic nitrogens is 2. The molecule has 1 heterocycles. The van der Waals surface area contributed by atoms with E-state index in [0.717, 1.165) is 16.7 Å². The van der Waals surface area contributed by atoms with Gasteiger partial charge in [0.25, 0.3) is 5.91 Å². The summed E-state index contributed by atoms with van der Waals surface area (Å²) in [4.78, 5) is 34.8. The Hall–Kier alpha value is -3.26. The Bertz CT molecular complexity index is 1240. The number of halogens is 1. The van der Waals surface area contributed by atoms with Crippen molar-refractivity contribution in [3.05, 3.63) is 75.9 Å². The highest BCUT2D eigenvalue weighted by molar-refractivity contribution is 9.10.